The van der Waals surface area contributed by atoms with Gasteiger partial charge in [0.1, 0.15) is 10.7 Å². The first-order chi connectivity index (χ1) is 10.9. The fourth-order valence-corrected chi connectivity index (χ4v) is 4.53. The molecule has 0 aliphatic carbocycles. The Morgan fingerprint density at radius 1 is 1.12 bits per heavy atom. The molecule has 0 atom stereocenters. The van der Waals surface area contributed by atoms with Crippen molar-refractivity contribution in [3.8, 4) is 0 Å². The standard InChI is InChI=1S/C12H15F4O6PS/c1-3-20-23(17,21-4-2)8-22-24(18,19)11-6-5-9(13)7-10(11)12(14,15)16/h5-7H,3-4,8H2,1-2H3. The van der Waals surface area contributed by atoms with E-state index in [9.17, 15) is 30.5 Å². The molecule has 0 spiro atoms. The summed E-state index contributed by atoms with van der Waals surface area (Å²) in [6, 6.07) is 0.983. The van der Waals surface area contributed by atoms with Gasteiger partial charge in [-0.1, -0.05) is 0 Å². The Kier molecular flexibility index (Phi) is 6.94. The molecule has 138 valence electrons. The van der Waals surface area contributed by atoms with E-state index in [4.69, 9.17) is 9.05 Å². The van der Waals surface area contributed by atoms with Crippen molar-refractivity contribution in [1.29, 1.82) is 0 Å². The Hall–Kier alpha value is -1.00. The van der Waals surface area contributed by atoms with Crippen molar-refractivity contribution < 1.29 is 43.8 Å². The number of alkyl halides is 3. The van der Waals surface area contributed by atoms with Crippen LogP contribution in [0.2, 0.25) is 0 Å². The molecule has 0 heterocycles. The van der Waals surface area contributed by atoms with Gasteiger partial charge in [0.2, 0.25) is 0 Å². The lowest BCUT2D eigenvalue weighted by Crippen LogP contribution is -2.17. The van der Waals surface area contributed by atoms with Crippen molar-refractivity contribution in [2.45, 2.75) is 24.9 Å². The molecule has 0 aliphatic heterocycles. The Labute approximate surface area is 136 Å². The van der Waals surface area contributed by atoms with Crippen LogP contribution in [0.1, 0.15) is 19.4 Å². The zero-order chi connectivity index (χ0) is 18.6. The topological polar surface area (TPSA) is 78.9 Å². The highest BCUT2D eigenvalue weighted by Crippen LogP contribution is 2.48. The van der Waals surface area contributed by atoms with E-state index in [0.717, 1.165) is 0 Å². The fourth-order valence-electron chi connectivity index (χ4n) is 1.64. The second-order valence-electron chi connectivity index (χ2n) is 4.29. The van der Waals surface area contributed by atoms with E-state index in [-0.39, 0.29) is 19.3 Å². The molecule has 0 aliphatic rings. The number of rotatable bonds is 8. The smallest absolute Gasteiger partial charge is 0.307 e. The molecular weight excluding hydrogens is 379 g/mol. The molecule has 1 aromatic carbocycles. The first-order valence-electron chi connectivity index (χ1n) is 6.59. The van der Waals surface area contributed by atoms with Crippen molar-refractivity contribution in [3.05, 3.63) is 29.6 Å². The van der Waals surface area contributed by atoms with Crippen LogP contribution in [-0.2, 0) is 34.1 Å². The lowest BCUT2D eigenvalue weighted by molar-refractivity contribution is -0.140. The highest BCUT2D eigenvalue weighted by atomic mass is 32.2. The summed E-state index contributed by atoms with van der Waals surface area (Å²) >= 11 is 0. The van der Waals surface area contributed by atoms with Crippen LogP contribution in [0.3, 0.4) is 0 Å². The van der Waals surface area contributed by atoms with Crippen molar-refractivity contribution >= 4 is 17.7 Å². The molecule has 24 heavy (non-hydrogen) atoms. The summed E-state index contributed by atoms with van der Waals surface area (Å²) in [7, 11) is -8.94. The van der Waals surface area contributed by atoms with E-state index in [1.165, 1.54) is 13.8 Å². The summed E-state index contributed by atoms with van der Waals surface area (Å²) in [5.74, 6) is -1.27. The maximum atomic E-state index is 13.0. The molecule has 6 nitrogen and oxygen atoms in total. The molecule has 1 aromatic rings. The second-order valence-corrected chi connectivity index (χ2v) is 7.87. The van der Waals surface area contributed by atoms with Crippen molar-refractivity contribution in [2.24, 2.45) is 0 Å². The van der Waals surface area contributed by atoms with Crippen LogP contribution in [0.4, 0.5) is 17.6 Å². The molecule has 12 heteroatoms. The molecule has 0 amide bonds. The van der Waals surface area contributed by atoms with Gasteiger partial charge in [0.15, 0.2) is 6.35 Å². The van der Waals surface area contributed by atoms with Crippen LogP contribution in [0.25, 0.3) is 0 Å². The monoisotopic (exact) mass is 394 g/mol. The average molecular weight is 394 g/mol. The average Bonchev–Trinajstić information content (AvgIpc) is 2.45. The first kappa shape index (κ1) is 21.0. The van der Waals surface area contributed by atoms with Crippen LogP contribution >= 0.6 is 7.60 Å². The maximum Gasteiger partial charge on any atom is 0.417 e. The Bertz CT molecular complexity index is 709. The first-order valence-corrected chi connectivity index (χ1v) is 9.73. The third-order valence-corrected chi connectivity index (χ3v) is 5.78. The molecule has 0 N–H and O–H groups in total. The van der Waals surface area contributed by atoms with Gasteiger partial charge in [-0.3, -0.25) is 8.75 Å². The van der Waals surface area contributed by atoms with Gasteiger partial charge in [0.25, 0.3) is 10.1 Å². The second kappa shape index (κ2) is 7.92. The third-order valence-electron chi connectivity index (χ3n) is 2.53. The van der Waals surface area contributed by atoms with Crippen LogP contribution in [-0.4, -0.2) is 28.0 Å². The number of halogens is 4. The lowest BCUT2D eigenvalue weighted by atomic mass is 10.2. The highest BCUT2D eigenvalue weighted by Gasteiger charge is 2.39. The molecule has 0 unspecified atom stereocenters. The maximum absolute atomic E-state index is 13.0. The summed E-state index contributed by atoms with van der Waals surface area (Å²) in [5, 5.41) is 0. The van der Waals surface area contributed by atoms with E-state index < -0.39 is 46.5 Å². The van der Waals surface area contributed by atoms with E-state index in [0.29, 0.717) is 12.1 Å². The van der Waals surface area contributed by atoms with Gasteiger partial charge in [-0.05, 0) is 32.0 Å². The third kappa shape index (κ3) is 5.52. The zero-order valence-corrected chi connectivity index (χ0v) is 14.4. The number of hydrogen-bond donors (Lipinski definition) is 0. The summed E-state index contributed by atoms with van der Waals surface area (Å²) in [6.07, 6.45) is -6.23. The van der Waals surface area contributed by atoms with Crippen LogP contribution in [0, 0.1) is 5.82 Å². The van der Waals surface area contributed by atoms with Crippen molar-refractivity contribution in [1.82, 2.24) is 0 Å². The van der Waals surface area contributed by atoms with Crippen LogP contribution in [0.5, 0.6) is 0 Å². The number of benzene rings is 1. The Morgan fingerprint density at radius 2 is 1.67 bits per heavy atom. The molecule has 0 bridgehead atoms. The fraction of sp³-hybridized carbons (Fsp3) is 0.500. The lowest BCUT2D eigenvalue weighted by Gasteiger charge is -2.18. The molecule has 0 aromatic heterocycles. The van der Waals surface area contributed by atoms with E-state index in [2.05, 4.69) is 4.18 Å². The quantitative estimate of drug-likeness (QED) is 0.379. The normalized spacial score (nSPS) is 13.2. The van der Waals surface area contributed by atoms with Gasteiger partial charge in [-0.15, -0.1) is 0 Å². The van der Waals surface area contributed by atoms with Crippen LogP contribution in [0.15, 0.2) is 23.1 Å². The van der Waals surface area contributed by atoms with E-state index in [1.54, 1.807) is 0 Å². The van der Waals surface area contributed by atoms with Gasteiger partial charge in [0.05, 0.1) is 18.8 Å². The molecular formula is C12H15F4O6PS. The van der Waals surface area contributed by atoms with Crippen molar-refractivity contribution in [2.75, 3.05) is 19.6 Å². The predicted octanol–water partition coefficient (Wildman–Crippen LogP) is 3.77. The summed E-state index contributed by atoms with van der Waals surface area (Å²) in [5.41, 5.74) is -1.73. The van der Waals surface area contributed by atoms with E-state index in [1.807, 2.05) is 0 Å². The van der Waals surface area contributed by atoms with Crippen molar-refractivity contribution in [3.63, 3.8) is 0 Å². The molecule has 0 saturated carbocycles. The highest BCUT2D eigenvalue weighted by molar-refractivity contribution is 7.87. The van der Waals surface area contributed by atoms with E-state index >= 15 is 0 Å². The Morgan fingerprint density at radius 3 is 2.12 bits per heavy atom. The Balaban J connectivity index is 3.16. The van der Waals surface area contributed by atoms with Gasteiger partial charge in [0, 0.05) is 0 Å². The summed E-state index contributed by atoms with van der Waals surface area (Å²) in [4.78, 5) is -1.30. The van der Waals surface area contributed by atoms with Gasteiger partial charge < -0.3 is 9.05 Å². The molecule has 0 saturated heterocycles. The van der Waals surface area contributed by atoms with Gasteiger partial charge in [-0.2, -0.15) is 21.6 Å². The molecule has 1 rings (SSSR count). The zero-order valence-electron chi connectivity index (χ0n) is 12.7. The minimum atomic E-state index is -5.13. The number of hydrogen-bond acceptors (Lipinski definition) is 6. The minimum Gasteiger partial charge on any atom is -0.307 e. The SMILES string of the molecule is CCOP(=O)(COS(=O)(=O)c1ccc(F)cc1C(F)(F)F)OCC. The van der Waals surface area contributed by atoms with Crippen LogP contribution < -0.4 is 0 Å². The van der Waals surface area contributed by atoms with Gasteiger partial charge >= 0.3 is 13.8 Å². The predicted molar refractivity (Wildman–Crippen MR) is 75.4 cm³/mol. The summed E-state index contributed by atoms with van der Waals surface area (Å²) < 4.78 is 102. The molecule has 0 fully saturated rings. The van der Waals surface area contributed by atoms with Gasteiger partial charge in [-0.25, -0.2) is 4.39 Å². The minimum absolute atomic E-state index is 0.0287. The largest absolute Gasteiger partial charge is 0.417 e. The molecule has 0 radical (unpaired) electrons. The summed E-state index contributed by atoms with van der Waals surface area (Å²) in [6.45, 7) is 2.74.